The molecule has 1 nitrogen and oxygen atoms in total. The molecule has 18 heavy (non-hydrogen) atoms. The third kappa shape index (κ3) is 3.07. The number of benzene rings is 2. The fourth-order valence-corrected chi connectivity index (χ4v) is 1.95. The Morgan fingerprint density at radius 3 is 2.39 bits per heavy atom. The Balaban J connectivity index is 2.13. The molecule has 0 aliphatic carbocycles. The van der Waals surface area contributed by atoms with Crippen LogP contribution >= 0.6 is 15.9 Å². The van der Waals surface area contributed by atoms with Gasteiger partial charge in [0, 0.05) is 17.0 Å². The molecule has 0 bridgehead atoms. The van der Waals surface area contributed by atoms with Crippen LogP contribution in [-0.4, -0.2) is 0 Å². The van der Waals surface area contributed by atoms with E-state index in [4.69, 9.17) is 4.74 Å². The van der Waals surface area contributed by atoms with Crippen molar-refractivity contribution in [2.24, 2.45) is 0 Å². The fraction of sp³-hybridized carbons (Fsp3) is 0.143. The summed E-state index contributed by atoms with van der Waals surface area (Å²) in [6.45, 7) is 0.213. The van der Waals surface area contributed by atoms with Gasteiger partial charge in [-0.1, -0.05) is 46.3 Å². The maximum atomic E-state index is 13.6. The van der Waals surface area contributed by atoms with Crippen molar-refractivity contribution in [2.45, 2.75) is 11.9 Å². The van der Waals surface area contributed by atoms with Crippen LogP contribution in [0.2, 0.25) is 0 Å². The van der Waals surface area contributed by atoms with Crippen LogP contribution in [-0.2, 0) is 11.9 Å². The van der Waals surface area contributed by atoms with Crippen molar-refractivity contribution < 1.29 is 13.5 Å². The van der Waals surface area contributed by atoms with Gasteiger partial charge in [-0.15, -0.1) is 0 Å². The molecule has 0 aliphatic heterocycles. The molecular formula is C14H11BrF2O. The highest BCUT2D eigenvalue weighted by atomic mass is 79.9. The van der Waals surface area contributed by atoms with Crippen LogP contribution in [0.15, 0.2) is 42.5 Å². The number of rotatable bonds is 4. The summed E-state index contributed by atoms with van der Waals surface area (Å²) in [5.74, 6) is -1.10. The zero-order valence-corrected chi connectivity index (χ0v) is 11.1. The van der Waals surface area contributed by atoms with Gasteiger partial charge in [0.1, 0.15) is 12.4 Å². The van der Waals surface area contributed by atoms with Crippen molar-refractivity contribution in [3.8, 4) is 5.75 Å². The fourth-order valence-electron chi connectivity index (χ4n) is 1.52. The van der Waals surface area contributed by atoms with Crippen LogP contribution in [0.1, 0.15) is 11.1 Å². The summed E-state index contributed by atoms with van der Waals surface area (Å²) in [5.41, 5.74) is 1.18. The van der Waals surface area contributed by atoms with Gasteiger partial charge in [-0.2, -0.15) is 0 Å². The van der Waals surface area contributed by atoms with Crippen molar-refractivity contribution in [1.82, 2.24) is 0 Å². The van der Waals surface area contributed by atoms with Gasteiger partial charge in [0.15, 0.2) is 11.6 Å². The number of hydrogen-bond acceptors (Lipinski definition) is 1. The van der Waals surface area contributed by atoms with Crippen LogP contribution in [0.4, 0.5) is 8.78 Å². The largest absolute Gasteiger partial charge is 0.486 e. The second-order valence-electron chi connectivity index (χ2n) is 3.78. The van der Waals surface area contributed by atoms with Crippen molar-refractivity contribution >= 4 is 15.9 Å². The lowest BCUT2D eigenvalue weighted by Gasteiger charge is -2.09. The van der Waals surface area contributed by atoms with E-state index >= 15 is 0 Å². The molecule has 2 aromatic rings. The third-order valence-electron chi connectivity index (χ3n) is 2.48. The molecule has 2 rings (SSSR count). The summed E-state index contributed by atoms with van der Waals surface area (Å²) in [5, 5.41) is 0.273. The number of alkyl halides is 1. The van der Waals surface area contributed by atoms with Gasteiger partial charge >= 0.3 is 0 Å². The molecule has 94 valence electrons. The molecular weight excluding hydrogens is 302 g/mol. The van der Waals surface area contributed by atoms with Crippen molar-refractivity contribution in [1.29, 1.82) is 0 Å². The third-order valence-corrected chi connectivity index (χ3v) is 3.09. The van der Waals surface area contributed by atoms with E-state index in [2.05, 4.69) is 15.9 Å². The van der Waals surface area contributed by atoms with E-state index in [1.54, 1.807) is 0 Å². The molecule has 0 radical (unpaired) electrons. The summed E-state index contributed by atoms with van der Waals surface area (Å²) < 4.78 is 32.4. The Bertz CT molecular complexity index is 529. The number of halogens is 3. The molecule has 0 atom stereocenters. The molecule has 0 amide bonds. The van der Waals surface area contributed by atoms with Gasteiger partial charge in [0.2, 0.25) is 0 Å². The Hall–Kier alpha value is -1.42. The minimum absolute atomic E-state index is 0.0685. The molecule has 0 aliphatic rings. The molecule has 0 heterocycles. The first-order valence-corrected chi connectivity index (χ1v) is 6.53. The number of hydrogen-bond donors (Lipinski definition) is 0. The second kappa shape index (κ2) is 5.96. The molecule has 0 saturated carbocycles. The Labute approximate surface area is 113 Å². The van der Waals surface area contributed by atoms with E-state index < -0.39 is 11.6 Å². The quantitative estimate of drug-likeness (QED) is 0.758. The van der Waals surface area contributed by atoms with Crippen molar-refractivity contribution in [3.63, 3.8) is 0 Å². The van der Waals surface area contributed by atoms with E-state index in [-0.39, 0.29) is 23.2 Å². The normalized spacial score (nSPS) is 10.4. The first-order chi connectivity index (χ1) is 8.70. The van der Waals surface area contributed by atoms with Crippen LogP contribution in [0, 0.1) is 11.6 Å². The topological polar surface area (TPSA) is 9.23 Å². The van der Waals surface area contributed by atoms with E-state index in [0.29, 0.717) is 0 Å². The molecule has 0 saturated heterocycles. The van der Waals surface area contributed by atoms with Crippen molar-refractivity contribution in [2.75, 3.05) is 0 Å². The van der Waals surface area contributed by atoms with Gasteiger partial charge in [0.05, 0.1) is 0 Å². The van der Waals surface area contributed by atoms with Gasteiger partial charge in [0.25, 0.3) is 0 Å². The molecule has 0 unspecified atom stereocenters. The van der Waals surface area contributed by atoms with Gasteiger partial charge in [-0.25, -0.2) is 8.78 Å². The van der Waals surface area contributed by atoms with Gasteiger partial charge in [-0.3, -0.25) is 0 Å². The van der Waals surface area contributed by atoms with E-state index in [1.165, 1.54) is 0 Å². The van der Waals surface area contributed by atoms with Crippen LogP contribution in [0.5, 0.6) is 5.75 Å². The maximum absolute atomic E-state index is 13.6. The molecule has 2 aromatic carbocycles. The standard InChI is InChI=1S/C14H11BrF2O/c15-8-11-6-13(17)14(7-12(11)16)18-9-10-4-2-1-3-5-10/h1-7H,8-9H2. The first kappa shape index (κ1) is 13.0. The summed E-state index contributed by atoms with van der Waals surface area (Å²) in [6, 6.07) is 11.6. The minimum Gasteiger partial charge on any atom is -0.486 e. The zero-order valence-electron chi connectivity index (χ0n) is 9.50. The Kier molecular flexibility index (Phi) is 4.31. The maximum Gasteiger partial charge on any atom is 0.165 e. The lowest BCUT2D eigenvalue weighted by atomic mass is 10.2. The van der Waals surface area contributed by atoms with Crippen LogP contribution < -0.4 is 4.74 Å². The highest BCUT2D eigenvalue weighted by Gasteiger charge is 2.10. The number of ether oxygens (including phenoxy) is 1. The monoisotopic (exact) mass is 312 g/mol. The highest BCUT2D eigenvalue weighted by Crippen LogP contribution is 2.23. The first-order valence-electron chi connectivity index (χ1n) is 5.41. The summed E-state index contributed by atoms with van der Waals surface area (Å²) in [7, 11) is 0. The smallest absolute Gasteiger partial charge is 0.165 e. The zero-order chi connectivity index (χ0) is 13.0. The van der Waals surface area contributed by atoms with Crippen molar-refractivity contribution in [3.05, 3.63) is 65.2 Å². The Morgan fingerprint density at radius 2 is 1.72 bits per heavy atom. The summed E-state index contributed by atoms with van der Waals surface area (Å²) in [6.07, 6.45) is 0. The molecule has 4 heteroatoms. The van der Waals surface area contributed by atoms with E-state index in [1.807, 2.05) is 30.3 Å². The van der Waals surface area contributed by atoms with Gasteiger partial charge in [-0.05, 0) is 11.6 Å². The molecule has 0 N–H and O–H groups in total. The van der Waals surface area contributed by atoms with Crippen LogP contribution in [0.25, 0.3) is 0 Å². The van der Waals surface area contributed by atoms with E-state index in [9.17, 15) is 8.78 Å². The van der Waals surface area contributed by atoms with Gasteiger partial charge < -0.3 is 4.74 Å². The lowest BCUT2D eigenvalue weighted by Crippen LogP contribution is -1.99. The average Bonchev–Trinajstić information content (AvgIpc) is 2.40. The predicted octanol–water partition coefficient (Wildman–Crippen LogP) is 4.44. The van der Waals surface area contributed by atoms with Crippen LogP contribution in [0.3, 0.4) is 0 Å². The van der Waals surface area contributed by atoms with E-state index in [0.717, 1.165) is 17.7 Å². The second-order valence-corrected chi connectivity index (χ2v) is 4.34. The molecule has 0 spiro atoms. The molecule has 0 aromatic heterocycles. The molecule has 0 fully saturated rings. The predicted molar refractivity (Wildman–Crippen MR) is 69.8 cm³/mol. The SMILES string of the molecule is Fc1cc(OCc2ccccc2)c(F)cc1CBr. The average molecular weight is 313 g/mol. The lowest BCUT2D eigenvalue weighted by molar-refractivity contribution is 0.288. The summed E-state index contributed by atoms with van der Waals surface area (Å²) in [4.78, 5) is 0. The summed E-state index contributed by atoms with van der Waals surface area (Å²) >= 11 is 3.10. The Morgan fingerprint density at radius 1 is 1.00 bits per heavy atom. The minimum atomic E-state index is -0.554. The highest BCUT2D eigenvalue weighted by molar-refractivity contribution is 9.08.